The number of hydrogen-bond donors (Lipinski definition) is 1. The molecule has 0 radical (unpaired) electrons. The number of rotatable bonds is 5. The summed E-state index contributed by atoms with van der Waals surface area (Å²) in [7, 11) is 1.27. The third kappa shape index (κ3) is 4.67. The average molecular weight is 516 g/mol. The molecule has 0 atom stereocenters. The van der Waals surface area contributed by atoms with Crippen LogP contribution in [0.25, 0.3) is 22.2 Å². The average Bonchev–Trinajstić information content (AvgIpc) is 3.22. The smallest absolute Gasteiger partial charge is 0.417 e. The number of carbonyl (C=O) groups excluding carboxylic acids is 3. The number of amides is 1. The number of hydrogen-bond acceptors (Lipinski definition) is 5. The number of fused-ring (bicyclic) bond motifs is 1. The van der Waals surface area contributed by atoms with Crippen molar-refractivity contribution in [1.82, 2.24) is 9.78 Å². The van der Waals surface area contributed by atoms with E-state index in [2.05, 4.69) is 9.84 Å². The minimum Gasteiger partial charge on any atom is -0.469 e. The maximum atomic E-state index is 13.7. The van der Waals surface area contributed by atoms with E-state index in [4.69, 9.17) is 17.3 Å². The number of nitrogens with two attached hydrogens (primary N) is 1. The molecule has 1 amide bonds. The van der Waals surface area contributed by atoms with Gasteiger partial charge in [-0.3, -0.25) is 14.4 Å². The van der Waals surface area contributed by atoms with E-state index in [0.29, 0.717) is 16.5 Å². The Kier molecular flexibility index (Phi) is 6.55. The minimum absolute atomic E-state index is 0.0339. The Morgan fingerprint density at radius 2 is 1.75 bits per heavy atom. The fourth-order valence-electron chi connectivity index (χ4n) is 3.74. The van der Waals surface area contributed by atoms with Gasteiger partial charge in [0.2, 0.25) is 5.91 Å². The van der Waals surface area contributed by atoms with Gasteiger partial charge in [-0.15, -0.1) is 0 Å². The first-order chi connectivity index (χ1) is 17.0. The van der Waals surface area contributed by atoms with Gasteiger partial charge in [0.25, 0.3) is 5.91 Å². The zero-order valence-electron chi connectivity index (χ0n) is 18.6. The van der Waals surface area contributed by atoms with Crippen LogP contribution in [0.1, 0.15) is 31.8 Å². The molecular formula is C25H17ClF3N3O4. The van der Waals surface area contributed by atoms with Crippen LogP contribution in [0.5, 0.6) is 0 Å². The van der Waals surface area contributed by atoms with Gasteiger partial charge in [0, 0.05) is 16.5 Å². The number of alkyl halides is 3. The summed E-state index contributed by atoms with van der Waals surface area (Å²) >= 11 is 6.03. The van der Waals surface area contributed by atoms with Crippen LogP contribution in [-0.2, 0) is 22.1 Å². The van der Waals surface area contributed by atoms with Crippen LogP contribution < -0.4 is 5.73 Å². The Balaban J connectivity index is 1.91. The van der Waals surface area contributed by atoms with Gasteiger partial charge >= 0.3 is 12.1 Å². The molecule has 0 aliphatic rings. The van der Waals surface area contributed by atoms with Crippen molar-refractivity contribution in [2.75, 3.05) is 7.11 Å². The zero-order chi connectivity index (χ0) is 26.2. The van der Waals surface area contributed by atoms with Crippen LogP contribution in [0, 0.1) is 0 Å². The maximum absolute atomic E-state index is 13.7. The molecule has 184 valence electrons. The second-order valence-corrected chi connectivity index (χ2v) is 8.18. The van der Waals surface area contributed by atoms with E-state index in [1.807, 2.05) is 0 Å². The van der Waals surface area contributed by atoms with Gasteiger partial charge in [-0.25, -0.2) is 0 Å². The Bertz CT molecular complexity index is 1510. The molecule has 0 saturated heterocycles. The van der Waals surface area contributed by atoms with Crippen molar-refractivity contribution in [2.24, 2.45) is 5.73 Å². The monoisotopic (exact) mass is 515 g/mol. The number of halogens is 4. The molecule has 4 aromatic rings. The molecule has 7 nitrogen and oxygen atoms in total. The molecule has 0 aliphatic heterocycles. The number of ether oxygens (including phenoxy) is 1. The summed E-state index contributed by atoms with van der Waals surface area (Å²) in [6.45, 7) is 0. The largest absolute Gasteiger partial charge is 0.469 e. The van der Waals surface area contributed by atoms with Gasteiger partial charge in [0.1, 0.15) is 5.69 Å². The molecule has 0 unspecified atom stereocenters. The lowest BCUT2D eigenvalue weighted by Crippen LogP contribution is -2.20. The highest BCUT2D eigenvalue weighted by molar-refractivity contribution is 6.34. The van der Waals surface area contributed by atoms with Crippen molar-refractivity contribution in [3.05, 3.63) is 87.9 Å². The van der Waals surface area contributed by atoms with Crippen molar-refractivity contribution in [2.45, 2.75) is 12.6 Å². The number of aromatic nitrogens is 2. The second-order valence-electron chi connectivity index (χ2n) is 7.77. The van der Waals surface area contributed by atoms with Crippen LogP contribution in [0.2, 0.25) is 5.02 Å². The molecule has 0 saturated carbocycles. The lowest BCUT2D eigenvalue weighted by molar-refractivity contribution is -0.140. The van der Waals surface area contributed by atoms with Gasteiger partial charge in [-0.05, 0) is 35.9 Å². The Labute approximate surface area is 207 Å². The Morgan fingerprint density at radius 1 is 1.06 bits per heavy atom. The summed E-state index contributed by atoms with van der Waals surface area (Å²) in [5.41, 5.74) is 4.92. The third-order valence-electron chi connectivity index (χ3n) is 5.49. The van der Waals surface area contributed by atoms with E-state index in [1.165, 1.54) is 31.4 Å². The molecule has 0 aliphatic carbocycles. The number of esters is 1. The summed E-state index contributed by atoms with van der Waals surface area (Å²) in [6, 6.07) is 13.8. The van der Waals surface area contributed by atoms with Gasteiger partial charge in [-0.2, -0.15) is 23.0 Å². The van der Waals surface area contributed by atoms with Crippen LogP contribution >= 0.6 is 11.6 Å². The molecule has 0 bridgehead atoms. The van der Waals surface area contributed by atoms with E-state index < -0.39 is 40.1 Å². The molecule has 1 aromatic heterocycles. The maximum Gasteiger partial charge on any atom is 0.417 e. The van der Waals surface area contributed by atoms with Gasteiger partial charge in [-0.1, -0.05) is 41.9 Å². The molecule has 0 fully saturated rings. The van der Waals surface area contributed by atoms with Crippen LogP contribution in [-0.4, -0.2) is 34.7 Å². The summed E-state index contributed by atoms with van der Waals surface area (Å²) in [5, 5.41) is 4.28. The van der Waals surface area contributed by atoms with Gasteiger partial charge < -0.3 is 10.5 Å². The van der Waals surface area contributed by atoms with E-state index in [1.54, 1.807) is 24.3 Å². The van der Waals surface area contributed by atoms with Gasteiger partial charge in [0.05, 0.1) is 35.2 Å². The lowest BCUT2D eigenvalue weighted by atomic mass is 10.0. The summed E-state index contributed by atoms with van der Waals surface area (Å²) in [4.78, 5) is 36.7. The predicted molar refractivity (Wildman–Crippen MR) is 126 cm³/mol. The molecule has 4 rings (SSSR count). The quantitative estimate of drug-likeness (QED) is 0.381. The van der Waals surface area contributed by atoms with Crippen molar-refractivity contribution < 1.29 is 32.3 Å². The van der Waals surface area contributed by atoms with Crippen molar-refractivity contribution in [1.29, 1.82) is 0 Å². The van der Waals surface area contributed by atoms with Crippen molar-refractivity contribution in [3.8, 4) is 11.3 Å². The van der Waals surface area contributed by atoms with Gasteiger partial charge in [0.15, 0.2) is 0 Å². The highest BCUT2D eigenvalue weighted by Crippen LogP contribution is 2.37. The fourth-order valence-corrected chi connectivity index (χ4v) is 3.99. The van der Waals surface area contributed by atoms with Crippen LogP contribution in [0.15, 0.2) is 60.7 Å². The molecule has 36 heavy (non-hydrogen) atoms. The topological polar surface area (TPSA) is 104 Å². The first-order valence-corrected chi connectivity index (χ1v) is 10.8. The third-order valence-corrected chi connectivity index (χ3v) is 5.81. The summed E-state index contributed by atoms with van der Waals surface area (Å²) in [6.07, 6.45) is -4.81. The fraction of sp³-hybridized carbons (Fsp3) is 0.120. The molecule has 0 spiro atoms. The van der Waals surface area contributed by atoms with E-state index in [9.17, 15) is 27.6 Å². The first-order valence-electron chi connectivity index (χ1n) is 10.4. The number of primary amides is 1. The van der Waals surface area contributed by atoms with E-state index >= 15 is 0 Å². The standard InChI is InChI=1S/C25H17ClF3N3O4/c1-36-20(33)11-13-5-7-14(8-6-13)22-16-10-9-15(23(30)34)12-19(16)32(31-22)24(35)21-17(25(27,28)29)3-2-4-18(21)26/h2-10,12H,11H2,1H3,(H2,30,34). The number of methoxy groups -OCH3 is 1. The van der Waals surface area contributed by atoms with E-state index in [0.717, 1.165) is 16.8 Å². The minimum atomic E-state index is -4.85. The highest BCUT2D eigenvalue weighted by Gasteiger charge is 2.37. The Morgan fingerprint density at radius 3 is 2.36 bits per heavy atom. The van der Waals surface area contributed by atoms with Crippen molar-refractivity contribution in [3.63, 3.8) is 0 Å². The molecule has 2 N–H and O–H groups in total. The number of nitrogens with zero attached hydrogens (tertiary/aromatic N) is 2. The Hall–Kier alpha value is -4.18. The number of benzene rings is 3. The lowest BCUT2D eigenvalue weighted by Gasteiger charge is -2.13. The zero-order valence-corrected chi connectivity index (χ0v) is 19.4. The SMILES string of the molecule is COC(=O)Cc1ccc(-c2nn(C(=O)c3c(Cl)cccc3C(F)(F)F)c3cc(C(N)=O)ccc23)cc1. The molecular weight excluding hydrogens is 499 g/mol. The normalized spacial score (nSPS) is 11.5. The number of carbonyl (C=O) groups is 3. The molecule has 3 aromatic carbocycles. The first kappa shape index (κ1) is 24.9. The van der Waals surface area contributed by atoms with Crippen LogP contribution in [0.3, 0.4) is 0 Å². The van der Waals surface area contributed by atoms with E-state index in [-0.39, 0.29) is 23.2 Å². The van der Waals surface area contributed by atoms with Crippen LogP contribution in [0.4, 0.5) is 13.2 Å². The highest BCUT2D eigenvalue weighted by atomic mass is 35.5. The van der Waals surface area contributed by atoms with Crippen molar-refractivity contribution >= 4 is 40.3 Å². The second kappa shape index (κ2) is 9.46. The summed E-state index contributed by atoms with van der Waals surface area (Å²) < 4.78 is 46.5. The summed E-state index contributed by atoms with van der Waals surface area (Å²) in [5.74, 6) is -2.35. The molecule has 1 heterocycles. The predicted octanol–water partition coefficient (Wildman–Crippen LogP) is 4.88. The molecule has 11 heteroatoms.